The van der Waals surface area contributed by atoms with Crippen molar-refractivity contribution in [2.24, 2.45) is 0 Å². The van der Waals surface area contributed by atoms with Crippen LogP contribution < -0.4 is 0 Å². The smallest absolute Gasteiger partial charge is 0.0431 e. The minimum absolute atomic E-state index is 0. The van der Waals surface area contributed by atoms with Crippen molar-refractivity contribution in [3.05, 3.63) is 0 Å². The summed E-state index contributed by atoms with van der Waals surface area (Å²) in [5, 5.41) is 8.20. The number of aliphatic hydroxyl groups excluding tert-OH is 1. The summed E-state index contributed by atoms with van der Waals surface area (Å²) >= 11 is 0. The number of hydrogen-bond donors (Lipinski definition) is 1. The molecular formula is C5H13FOZn. The van der Waals surface area contributed by atoms with Gasteiger partial charge in [0.05, 0.1) is 0 Å². The van der Waals surface area contributed by atoms with Gasteiger partial charge >= 0.3 is 0 Å². The first-order chi connectivity index (χ1) is 2.91. The molecule has 0 amide bonds. The second kappa shape index (κ2) is 15.6. The van der Waals surface area contributed by atoms with Gasteiger partial charge in [0.25, 0.3) is 0 Å². The molecular weight excluding hydrogens is 160 g/mol. The van der Waals surface area contributed by atoms with E-state index in [0.717, 1.165) is 12.8 Å². The average molecular weight is 174 g/mol. The fourth-order valence-corrected chi connectivity index (χ4v) is 0.362. The Bertz CT molecular complexity index is 24.4. The van der Waals surface area contributed by atoms with Crippen molar-refractivity contribution in [1.29, 1.82) is 0 Å². The van der Waals surface area contributed by atoms with Crippen LogP contribution in [0.25, 0.3) is 0 Å². The summed E-state index contributed by atoms with van der Waals surface area (Å²) in [6.07, 6.45) is 3.33. The Morgan fingerprint density at radius 1 is 1.25 bits per heavy atom. The van der Waals surface area contributed by atoms with Gasteiger partial charge in [0.2, 0.25) is 0 Å². The van der Waals surface area contributed by atoms with Crippen LogP contribution in [0, 0.1) is 0 Å². The Labute approximate surface area is 62.6 Å². The molecule has 3 heteroatoms. The summed E-state index contributed by atoms with van der Waals surface area (Å²) in [6, 6.07) is 0. The van der Waals surface area contributed by atoms with E-state index in [1.807, 2.05) is 0 Å². The fraction of sp³-hybridized carbons (Fsp3) is 1.00. The number of halogens is 1. The number of rotatable bonds is 3. The van der Waals surface area contributed by atoms with Crippen LogP contribution in [0.1, 0.15) is 26.2 Å². The summed E-state index contributed by atoms with van der Waals surface area (Å²) in [7, 11) is 0. The molecule has 1 nitrogen and oxygen atoms in total. The van der Waals surface area contributed by atoms with Crippen molar-refractivity contribution in [2.45, 2.75) is 26.2 Å². The van der Waals surface area contributed by atoms with Crippen LogP contribution in [0.5, 0.6) is 0 Å². The van der Waals surface area contributed by atoms with E-state index in [2.05, 4.69) is 6.92 Å². The van der Waals surface area contributed by atoms with Crippen molar-refractivity contribution < 1.29 is 29.3 Å². The van der Waals surface area contributed by atoms with Crippen LogP contribution in [0.15, 0.2) is 0 Å². The standard InChI is InChI=1S/C5H12O.FH.Zn/c1-2-3-4-5-6;;/h6H,2-5H2,1H3;1H;. The maximum absolute atomic E-state index is 8.20. The van der Waals surface area contributed by atoms with Crippen molar-refractivity contribution in [3.63, 3.8) is 0 Å². The quantitative estimate of drug-likeness (QED) is 0.504. The molecule has 0 radical (unpaired) electrons. The SMILES string of the molecule is CCCCCO.F.[Zn]. The van der Waals surface area contributed by atoms with Crippen molar-refractivity contribution in [3.8, 4) is 0 Å². The van der Waals surface area contributed by atoms with Gasteiger partial charge in [-0.1, -0.05) is 19.8 Å². The van der Waals surface area contributed by atoms with Gasteiger partial charge in [-0.05, 0) is 6.42 Å². The van der Waals surface area contributed by atoms with Crippen molar-refractivity contribution in [1.82, 2.24) is 0 Å². The Hall–Kier alpha value is 0.513. The zero-order valence-electron chi connectivity index (χ0n) is 5.39. The first-order valence-corrected chi connectivity index (χ1v) is 2.52. The van der Waals surface area contributed by atoms with Gasteiger partial charge in [-0.15, -0.1) is 0 Å². The van der Waals surface area contributed by atoms with Crippen LogP contribution in [0.4, 0.5) is 4.70 Å². The van der Waals surface area contributed by atoms with Crippen LogP contribution in [-0.4, -0.2) is 11.7 Å². The van der Waals surface area contributed by atoms with E-state index in [4.69, 9.17) is 5.11 Å². The summed E-state index contributed by atoms with van der Waals surface area (Å²) in [4.78, 5) is 0. The molecule has 0 bridgehead atoms. The van der Waals surface area contributed by atoms with E-state index in [0.29, 0.717) is 6.61 Å². The van der Waals surface area contributed by atoms with Gasteiger partial charge in [-0.2, -0.15) is 0 Å². The summed E-state index contributed by atoms with van der Waals surface area (Å²) in [6.45, 7) is 2.48. The second-order valence-corrected chi connectivity index (χ2v) is 1.43. The minimum atomic E-state index is 0. The maximum atomic E-state index is 8.20. The van der Waals surface area contributed by atoms with E-state index >= 15 is 0 Å². The third-order valence-corrected chi connectivity index (χ3v) is 0.762. The summed E-state index contributed by atoms with van der Waals surface area (Å²) in [5.74, 6) is 0. The van der Waals surface area contributed by atoms with Gasteiger partial charge in [0.1, 0.15) is 0 Å². The topological polar surface area (TPSA) is 20.2 Å². The number of aliphatic hydroxyl groups is 1. The minimum Gasteiger partial charge on any atom is -0.396 e. The molecule has 0 fully saturated rings. The molecule has 0 aromatic rings. The van der Waals surface area contributed by atoms with Crippen molar-refractivity contribution >= 4 is 0 Å². The molecule has 1 N–H and O–H groups in total. The Balaban J connectivity index is -0.000000125. The Kier molecular flexibility index (Phi) is 30.9. The molecule has 8 heavy (non-hydrogen) atoms. The number of hydrogen-bond acceptors (Lipinski definition) is 1. The average Bonchev–Trinajstić information content (AvgIpc) is 1.61. The molecule has 0 unspecified atom stereocenters. The molecule has 0 heterocycles. The zero-order chi connectivity index (χ0) is 4.83. The molecule has 0 aromatic heterocycles. The normalized spacial score (nSPS) is 6.75. The Morgan fingerprint density at radius 3 is 1.88 bits per heavy atom. The number of unbranched alkanes of at least 4 members (excludes halogenated alkanes) is 2. The van der Waals surface area contributed by atoms with E-state index in [9.17, 15) is 0 Å². The molecule has 0 aliphatic heterocycles. The molecule has 0 aliphatic carbocycles. The van der Waals surface area contributed by atoms with Gasteiger partial charge in [0, 0.05) is 26.1 Å². The molecule has 0 spiro atoms. The monoisotopic (exact) mass is 172 g/mol. The van der Waals surface area contributed by atoms with Gasteiger partial charge in [-0.25, -0.2) is 0 Å². The second-order valence-electron chi connectivity index (χ2n) is 1.43. The van der Waals surface area contributed by atoms with Crippen LogP contribution >= 0.6 is 0 Å². The maximum Gasteiger partial charge on any atom is 0.0431 e. The first kappa shape index (κ1) is 15.8. The van der Waals surface area contributed by atoms with E-state index in [-0.39, 0.29) is 24.2 Å². The van der Waals surface area contributed by atoms with E-state index in [1.54, 1.807) is 0 Å². The van der Waals surface area contributed by atoms with Crippen molar-refractivity contribution in [2.75, 3.05) is 6.61 Å². The van der Waals surface area contributed by atoms with Crippen LogP contribution in [0.2, 0.25) is 0 Å². The molecule has 48 valence electrons. The molecule has 0 atom stereocenters. The van der Waals surface area contributed by atoms with Crippen LogP contribution in [0.3, 0.4) is 0 Å². The molecule has 0 aromatic carbocycles. The fourth-order valence-electron chi connectivity index (χ4n) is 0.362. The predicted octanol–water partition coefficient (Wildman–Crippen LogP) is 1.32. The molecule has 0 saturated heterocycles. The summed E-state index contributed by atoms with van der Waals surface area (Å²) in [5.41, 5.74) is 0. The van der Waals surface area contributed by atoms with Gasteiger partial charge < -0.3 is 5.11 Å². The first-order valence-electron chi connectivity index (χ1n) is 2.52. The largest absolute Gasteiger partial charge is 0.396 e. The van der Waals surface area contributed by atoms with Gasteiger partial charge in [0.15, 0.2) is 0 Å². The zero-order valence-corrected chi connectivity index (χ0v) is 8.36. The summed E-state index contributed by atoms with van der Waals surface area (Å²) < 4.78 is 0. The van der Waals surface area contributed by atoms with E-state index < -0.39 is 0 Å². The molecule has 0 rings (SSSR count). The van der Waals surface area contributed by atoms with Gasteiger partial charge in [-0.3, -0.25) is 4.70 Å². The Morgan fingerprint density at radius 2 is 1.75 bits per heavy atom. The van der Waals surface area contributed by atoms with E-state index in [1.165, 1.54) is 6.42 Å². The third-order valence-electron chi connectivity index (χ3n) is 0.762. The third kappa shape index (κ3) is 16.0. The van der Waals surface area contributed by atoms with Crippen LogP contribution in [-0.2, 0) is 19.5 Å². The predicted molar refractivity (Wildman–Crippen MR) is 29.1 cm³/mol. The molecule has 0 saturated carbocycles. The molecule has 0 aliphatic rings.